The normalized spacial score (nSPS) is 13.5. The molecule has 0 spiro atoms. The van der Waals surface area contributed by atoms with Crippen LogP contribution in [0, 0.1) is 0 Å². The first-order valence-electron chi connectivity index (χ1n) is 5.97. The Morgan fingerprint density at radius 2 is 2.06 bits per heavy atom. The molecule has 17 heavy (non-hydrogen) atoms. The van der Waals surface area contributed by atoms with Crippen LogP contribution in [-0.2, 0) is 5.41 Å². The highest BCUT2D eigenvalue weighted by atomic mass is 16.2. The van der Waals surface area contributed by atoms with E-state index in [0.717, 1.165) is 12.2 Å². The average molecular weight is 238 g/mol. The standard InChI is InChI=1S/C12H22N4O/c1-7-8(2)16(6)10(17)9-13-11(15-14-9)12(3,4)5/h8H,7H2,1-6H3,(H,13,14,15). The maximum absolute atomic E-state index is 12.1. The summed E-state index contributed by atoms with van der Waals surface area (Å²) in [6, 6.07) is 0.194. The van der Waals surface area contributed by atoms with Crippen LogP contribution in [0.4, 0.5) is 0 Å². The maximum atomic E-state index is 12.1. The molecule has 1 rings (SSSR count). The summed E-state index contributed by atoms with van der Waals surface area (Å²) < 4.78 is 0. The molecule has 0 aliphatic rings. The first-order chi connectivity index (χ1) is 7.77. The van der Waals surface area contributed by atoms with Gasteiger partial charge in [-0.1, -0.05) is 27.7 Å². The minimum absolute atomic E-state index is 0.125. The second-order valence-corrected chi connectivity index (χ2v) is 5.43. The zero-order valence-electron chi connectivity index (χ0n) is 11.5. The zero-order valence-corrected chi connectivity index (χ0v) is 11.5. The third-order valence-electron chi connectivity index (χ3n) is 2.96. The van der Waals surface area contributed by atoms with E-state index in [0.29, 0.717) is 0 Å². The number of aromatic nitrogens is 3. The molecule has 0 radical (unpaired) electrons. The highest BCUT2D eigenvalue weighted by Gasteiger charge is 2.24. The van der Waals surface area contributed by atoms with Crippen molar-refractivity contribution in [3.63, 3.8) is 0 Å². The number of nitrogens with zero attached hydrogens (tertiary/aromatic N) is 3. The van der Waals surface area contributed by atoms with Gasteiger partial charge in [-0.15, -0.1) is 5.10 Å². The molecular weight excluding hydrogens is 216 g/mol. The van der Waals surface area contributed by atoms with Crippen molar-refractivity contribution < 1.29 is 4.79 Å². The Balaban J connectivity index is 2.87. The first kappa shape index (κ1) is 13.7. The van der Waals surface area contributed by atoms with Gasteiger partial charge in [-0.2, -0.15) is 0 Å². The summed E-state index contributed by atoms with van der Waals surface area (Å²) in [5.74, 6) is 0.849. The van der Waals surface area contributed by atoms with Gasteiger partial charge in [0.2, 0.25) is 5.82 Å². The van der Waals surface area contributed by atoms with Gasteiger partial charge in [0.15, 0.2) is 0 Å². The Kier molecular flexibility index (Phi) is 3.91. The van der Waals surface area contributed by atoms with Crippen molar-refractivity contribution in [3.05, 3.63) is 11.6 Å². The fourth-order valence-corrected chi connectivity index (χ4v) is 1.32. The van der Waals surface area contributed by atoms with Gasteiger partial charge in [0.05, 0.1) is 0 Å². The highest BCUT2D eigenvalue weighted by Crippen LogP contribution is 2.17. The molecule has 0 aliphatic heterocycles. The largest absolute Gasteiger partial charge is 0.336 e. The summed E-state index contributed by atoms with van der Waals surface area (Å²) >= 11 is 0. The molecule has 0 aliphatic carbocycles. The number of nitrogens with one attached hydrogen (secondary N) is 1. The number of rotatable bonds is 3. The second kappa shape index (κ2) is 4.85. The predicted octanol–water partition coefficient (Wildman–Crippen LogP) is 1.97. The van der Waals surface area contributed by atoms with Crippen LogP contribution < -0.4 is 0 Å². The van der Waals surface area contributed by atoms with Crippen molar-refractivity contribution in [2.24, 2.45) is 0 Å². The van der Waals surface area contributed by atoms with Crippen LogP contribution >= 0.6 is 0 Å². The molecule has 0 saturated heterocycles. The van der Waals surface area contributed by atoms with Crippen LogP contribution in [0.5, 0.6) is 0 Å². The molecule has 1 atom stereocenters. The lowest BCUT2D eigenvalue weighted by molar-refractivity contribution is 0.0728. The van der Waals surface area contributed by atoms with Gasteiger partial charge in [-0.3, -0.25) is 9.89 Å². The van der Waals surface area contributed by atoms with E-state index in [9.17, 15) is 4.79 Å². The minimum Gasteiger partial charge on any atom is -0.336 e. The molecule has 5 nitrogen and oxygen atoms in total. The Morgan fingerprint density at radius 1 is 1.47 bits per heavy atom. The van der Waals surface area contributed by atoms with Crippen molar-refractivity contribution >= 4 is 5.91 Å². The monoisotopic (exact) mass is 238 g/mol. The summed E-state index contributed by atoms with van der Waals surface area (Å²) in [6.45, 7) is 10.1. The minimum atomic E-state index is -0.133. The van der Waals surface area contributed by atoms with Crippen LogP contribution in [-0.4, -0.2) is 39.1 Å². The number of hydrogen-bond donors (Lipinski definition) is 1. The van der Waals surface area contributed by atoms with Gasteiger partial charge in [0.1, 0.15) is 5.82 Å². The summed E-state index contributed by atoms with van der Waals surface area (Å²) in [7, 11) is 1.78. The second-order valence-electron chi connectivity index (χ2n) is 5.43. The predicted molar refractivity (Wildman–Crippen MR) is 66.9 cm³/mol. The Bertz CT molecular complexity index is 391. The van der Waals surface area contributed by atoms with Crippen LogP contribution in [0.2, 0.25) is 0 Å². The quantitative estimate of drug-likeness (QED) is 0.875. The van der Waals surface area contributed by atoms with Crippen molar-refractivity contribution in [2.45, 2.75) is 52.5 Å². The molecule has 1 heterocycles. The van der Waals surface area contributed by atoms with Crippen LogP contribution in [0.3, 0.4) is 0 Å². The van der Waals surface area contributed by atoms with Crippen molar-refractivity contribution in [1.29, 1.82) is 0 Å². The Morgan fingerprint density at radius 3 is 2.47 bits per heavy atom. The van der Waals surface area contributed by atoms with Crippen LogP contribution in [0.15, 0.2) is 0 Å². The highest BCUT2D eigenvalue weighted by molar-refractivity contribution is 5.90. The number of carbonyl (C=O) groups excluding carboxylic acids is 1. The van der Waals surface area contributed by atoms with E-state index in [1.165, 1.54) is 0 Å². The van der Waals surface area contributed by atoms with E-state index >= 15 is 0 Å². The molecule has 0 fully saturated rings. The zero-order chi connectivity index (χ0) is 13.2. The third kappa shape index (κ3) is 3.05. The third-order valence-corrected chi connectivity index (χ3v) is 2.96. The molecule has 0 aromatic carbocycles. The molecule has 1 aromatic heterocycles. The molecule has 1 aromatic rings. The lowest BCUT2D eigenvalue weighted by Crippen LogP contribution is -2.35. The van der Waals surface area contributed by atoms with Gasteiger partial charge < -0.3 is 4.90 Å². The lowest BCUT2D eigenvalue weighted by atomic mass is 9.96. The fraction of sp³-hybridized carbons (Fsp3) is 0.750. The van der Waals surface area contributed by atoms with Crippen LogP contribution in [0.1, 0.15) is 57.5 Å². The van der Waals surface area contributed by atoms with E-state index in [4.69, 9.17) is 0 Å². The van der Waals surface area contributed by atoms with Gasteiger partial charge in [0.25, 0.3) is 5.91 Å². The average Bonchev–Trinajstić information content (AvgIpc) is 2.74. The summed E-state index contributed by atoms with van der Waals surface area (Å²) in [5.41, 5.74) is -0.125. The number of carbonyl (C=O) groups is 1. The SMILES string of the molecule is CCC(C)N(C)C(=O)c1n[nH]c(C(C)(C)C)n1. The number of amides is 1. The van der Waals surface area contributed by atoms with Crippen LogP contribution in [0.25, 0.3) is 0 Å². The topological polar surface area (TPSA) is 61.9 Å². The van der Waals surface area contributed by atoms with E-state index in [1.807, 2.05) is 34.6 Å². The smallest absolute Gasteiger partial charge is 0.293 e. The Labute approximate surface area is 103 Å². The van der Waals surface area contributed by atoms with E-state index < -0.39 is 0 Å². The van der Waals surface area contributed by atoms with Gasteiger partial charge in [-0.25, -0.2) is 4.98 Å². The maximum Gasteiger partial charge on any atom is 0.293 e. The van der Waals surface area contributed by atoms with Crippen molar-refractivity contribution in [1.82, 2.24) is 20.1 Å². The molecule has 1 N–H and O–H groups in total. The van der Waals surface area contributed by atoms with Gasteiger partial charge in [-0.05, 0) is 13.3 Å². The first-order valence-corrected chi connectivity index (χ1v) is 5.97. The molecule has 1 amide bonds. The van der Waals surface area contributed by atoms with Crippen molar-refractivity contribution in [3.8, 4) is 0 Å². The molecule has 0 saturated carbocycles. The Hall–Kier alpha value is -1.39. The summed E-state index contributed by atoms with van der Waals surface area (Å²) in [5, 5.41) is 6.82. The number of H-pyrrole nitrogens is 1. The number of aromatic amines is 1. The molecule has 1 unspecified atom stereocenters. The molecular formula is C12H22N4O. The summed E-state index contributed by atoms with van der Waals surface area (Å²) in [6.07, 6.45) is 0.915. The summed E-state index contributed by atoms with van der Waals surface area (Å²) in [4.78, 5) is 18.0. The van der Waals surface area contributed by atoms with Gasteiger partial charge >= 0.3 is 0 Å². The molecule has 0 bridgehead atoms. The van der Waals surface area contributed by atoms with E-state index in [1.54, 1.807) is 11.9 Å². The molecule has 96 valence electrons. The fourth-order valence-electron chi connectivity index (χ4n) is 1.32. The van der Waals surface area contributed by atoms with Gasteiger partial charge in [0, 0.05) is 18.5 Å². The van der Waals surface area contributed by atoms with Crippen molar-refractivity contribution in [2.75, 3.05) is 7.05 Å². The molecule has 5 heteroatoms. The lowest BCUT2D eigenvalue weighted by Gasteiger charge is -2.22. The van der Waals surface area contributed by atoms with E-state index in [-0.39, 0.29) is 23.2 Å². The van der Waals surface area contributed by atoms with E-state index in [2.05, 4.69) is 15.2 Å². The number of hydrogen-bond acceptors (Lipinski definition) is 3.